The summed E-state index contributed by atoms with van der Waals surface area (Å²) in [5.74, 6) is -1.17. The summed E-state index contributed by atoms with van der Waals surface area (Å²) in [5, 5.41) is 20.0. The fourth-order valence-electron chi connectivity index (χ4n) is 4.23. The van der Waals surface area contributed by atoms with Gasteiger partial charge >= 0.3 is 5.97 Å². The maximum atomic E-state index is 13.3. The van der Waals surface area contributed by atoms with Gasteiger partial charge in [-0.25, -0.2) is 4.79 Å². The average Bonchev–Trinajstić information content (AvgIpc) is 2.85. The Kier molecular flexibility index (Phi) is 10.4. The van der Waals surface area contributed by atoms with Crippen LogP contribution in [0.15, 0.2) is 40.5 Å². The first kappa shape index (κ1) is 26.7. The Morgan fingerprint density at radius 1 is 1.26 bits per heavy atom. The number of ether oxygens (including phenoxy) is 1. The maximum Gasteiger partial charge on any atom is 0.336 e. The van der Waals surface area contributed by atoms with Gasteiger partial charge in [-0.2, -0.15) is 5.26 Å². The monoisotopic (exact) mass is 468 g/mol. The number of esters is 1. The molecule has 182 valence electrons. The molecule has 0 spiro atoms. The summed E-state index contributed by atoms with van der Waals surface area (Å²) in [6.07, 6.45) is 4.77. The van der Waals surface area contributed by atoms with Crippen LogP contribution in [0, 0.1) is 21.4 Å². The highest BCUT2D eigenvalue weighted by molar-refractivity contribution is 6.00. The maximum absolute atomic E-state index is 13.3. The Morgan fingerprint density at radius 3 is 2.50 bits per heavy atom. The largest absolute Gasteiger partial charge is 0.461 e. The number of allylic oxidation sites excluding steroid dienone is 1. The highest BCUT2D eigenvalue weighted by Gasteiger charge is 2.41. The number of carbonyl (C=O) groups is 2. The lowest BCUT2D eigenvalue weighted by Gasteiger charge is -2.39. The van der Waals surface area contributed by atoms with E-state index in [0.717, 1.165) is 31.4 Å². The molecular formula is C25H32N4O5. The smallest absolute Gasteiger partial charge is 0.336 e. The number of carbonyl (C=O) groups excluding carboxylic acids is 2. The van der Waals surface area contributed by atoms with Gasteiger partial charge in [-0.15, -0.1) is 0 Å². The molecule has 1 heterocycles. The predicted octanol–water partition coefficient (Wildman–Crippen LogP) is 4.68. The molecular weight excluding hydrogens is 436 g/mol. The van der Waals surface area contributed by atoms with E-state index in [1.807, 2.05) is 19.9 Å². The van der Waals surface area contributed by atoms with Crippen molar-refractivity contribution in [2.75, 3.05) is 13.2 Å². The summed E-state index contributed by atoms with van der Waals surface area (Å²) in [5.41, 5.74) is 2.35. The van der Waals surface area contributed by atoms with Crippen LogP contribution in [-0.2, 0) is 14.3 Å². The highest BCUT2D eigenvalue weighted by Crippen LogP contribution is 2.40. The standard InChI is InChI=1S/C25H32N4O5/c1-4-7-8-10-21-23(25(31)34-16-9-15-26)22(18-11-13-19(14-12-18)29(32)33)24(20(5-2)27-21)28(6-3)17-30/h11-14,17,22,24H,4-10,16H2,1-3H3. The second-order valence-corrected chi connectivity index (χ2v) is 8.03. The van der Waals surface area contributed by atoms with Crippen LogP contribution in [0.3, 0.4) is 0 Å². The summed E-state index contributed by atoms with van der Waals surface area (Å²) in [6, 6.07) is 7.48. The minimum Gasteiger partial charge on any atom is -0.461 e. The van der Waals surface area contributed by atoms with Crippen molar-refractivity contribution in [1.82, 2.24) is 4.90 Å². The second kappa shape index (κ2) is 13.2. The zero-order chi connectivity index (χ0) is 25.1. The first-order valence-corrected chi connectivity index (χ1v) is 11.7. The second-order valence-electron chi connectivity index (χ2n) is 8.03. The number of likely N-dealkylation sites (N-methyl/N-ethyl adjacent to an activating group) is 1. The quantitative estimate of drug-likeness (QED) is 0.136. The lowest BCUT2D eigenvalue weighted by Crippen LogP contribution is -2.48. The number of nitrogens with zero attached hydrogens (tertiary/aromatic N) is 4. The van der Waals surface area contributed by atoms with E-state index in [4.69, 9.17) is 15.0 Å². The third kappa shape index (κ3) is 6.28. The Morgan fingerprint density at radius 2 is 1.97 bits per heavy atom. The number of non-ortho nitro benzene ring substituents is 1. The van der Waals surface area contributed by atoms with Crippen molar-refractivity contribution in [3.8, 4) is 6.07 Å². The van der Waals surface area contributed by atoms with Gasteiger partial charge in [-0.1, -0.05) is 38.8 Å². The van der Waals surface area contributed by atoms with Crippen molar-refractivity contribution >= 4 is 23.8 Å². The van der Waals surface area contributed by atoms with Crippen molar-refractivity contribution in [3.63, 3.8) is 0 Å². The van der Waals surface area contributed by atoms with E-state index in [1.54, 1.807) is 17.0 Å². The number of nitro benzene ring substituents is 1. The number of nitro groups is 1. The van der Waals surface area contributed by atoms with Gasteiger partial charge in [0, 0.05) is 30.3 Å². The summed E-state index contributed by atoms with van der Waals surface area (Å²) in [6.45, 7) is 6.25. The molecule has 1 amide bonds. The van der Waals surface area contributed by atoms with Gasteiger partial charge < -0.3 is 9.64 Å². The molecule has 1 aliphatic rings. The van der Waals surface area contributed by atoms with Gasteiger partial charge in [-0.05, 0) is 31.7 Å². The van der Waals surface area contributed by atoms with Crippen LogP contribution in [0.1, 0.15) is 70.8 Å². The van der Waals surface area contributed by atoms with Crippen LogP contribution in [0.4, 0.5) is 5.69 Å². The molecule has 0 bridgehead atoms. The van der Waals surface area contributed by atoms with Crippen LogP contribution in [0.2, 0.25) is 0 Å². The topological polar surface area (TPSA) is 126 Å². The van der Waals surface area contributed by atoms with Crippen molar-refractivity contribution < 1.29 is 19.2 Å². The molecule has 2 atom stereocenters. The van der Waals surface area contributed by atoms with Gasteiger partial charge in [0.05, 0.1) is 34.7 Å². The van der Waals surface area contributed by atoms with Gasteiger partial charge in [0.15, 0.2) is 0 Å². The molecule has 0 saturated carbocycles. The third-order valence-electron chi connectivity index (χ3n) is 5.92. The average molecular weight is 469 g/mol. The van der Waals surface area contributed by atoms with Crippen LogP contribution in [-0.4, -0.2) is 47.1 Å². The van der Waals surface area contributed by atoms with E-state index >= 15 is 0 Å². The number of hydrogen-bond acceptors (Lipinski definition) is 7. The fraction of sp³-hybridized carbons (Fsp3) is 0.520. The molecule has 1 aromatic rings. The van der Waals surface area contributed by atoms with Crippen LogP contribution in [0.25, 0.3) is 0 Å². The molecule has 2 unspecified atom stereocenters. The Labute approximate surface area is 200 Å². The third-order valence-corrected chi connectivity index (χ3v) is 5.92. The van der Waals surface area contributed by atoms with Crippen molar-refractivity contribution in [3.05, 3.63) is 51.2 Å². The van der Waals surface area contributed by atoms with E-state index in [1.165, 1.54) is 12.1 Å². The van der Waals surface area contributed by atoms with Crippen molar-refractivity contribution in [2.24, 2.45) is 4.99 Å². The lowest BCUT2D eigenvalue weighted by molar-refractivity contribution is -0.384. The van der Waals surface area contributed by atoms with Gasteiger partial charge in [0.2, 0.25) is 6.41 Å². The molecule has 1 aromatic carbocycles. The van der Waals surface area contributed by atoms with Crippen molar-refractivity contribution in [2.45, 2.75) is 71.3 Å². The van der Waals surface area contributed by atoms with Crippen LogP contribution < -0.4 is 0 Å². The zero-order valence-corrected chi connectivity index (χ0v) is 20.0. The van der Waals surface area contributed by atoms with Crippen LogP contribution in [0.5, 0.6) is 0 Å². The number of hydrogen-bond donors (Lipinski definition) is 0. The molecule has 0 saturated heterocycles. The molecule has 0 N–H and O–H groups in total. The molecule has 9 heteroatoms. The molecule has 1 aliphatic heterocycles. The van der Waals surface area contributed by atoms with Gasteiger partial charge in [-0.3, -0.25) is 19.9 Å². The minimum absolute atomic E-state index is 0.0474. The first-order valence-electron chi connectivity index (χ1n) is 11.7. The normalized spacial score (nSPS) is 17.5. The molecule has 9 nitrogen and oxygen atoms in total. The van der Waals surface area contributed by atoms with E-state index in [0.29, 0.717) is 36.2 Å². The number of aliphatic imine (C=N–C) groups is 1. The molecule has 0 aliphatic carbocycles. The van der Waals surface area contributed by atoms with Gasteiger partial charge in [0.25, 0.3) is 5.69 Å². The summed E-state index contributed by atoms with van der Waals surface area (Å²) in [7, 11) is 0. The Hall–Kier alpha value is -3.54. The molecule has 0 aromatic heterocycles. The Bertz CT molecular complexity index is 978. The summed E-state index contributed by atoms with van der Waals surface area (Å²) >= 11 is 0. The molecule has 0 fully saturated rings. The SMILES string of the molecule is CCCCCC1=C(C(=O)OCCC#N)C(c2ccc([N+](=O)[O-])cc2)C(N(C=O)CC)C(CC)=N1. The Balaban J connectivity index is 2.71. The predicted molar refractivity (Wildman–Crippen MR) is 128 cm³/mol. The fourth-order valence-corrected chi connectivity index (χ4v) is 4.23. The van der Waals surface area contributed by atoms with Crippen molar-refractivity contribution in [1.29, 1.82) is 5.26 Å². The highest BCUT2D eigenvalue weighted by atomic mass is 16.6. The van der Waals surface area contributed by atoms with Crippen LogP contribution >= 0.6 is 0 Å². The minimum atomic E-state index is -0.593. The molecule has 34 heavy (non-hydrogen) atoms. The van der Waals surface area contributed by atoms with Gasteiger partial charge in [0.1, 0.15) is 6.61 Å². The number of amides is 1. The lowest BCUT2D eigenvalue weighted by atomic mass is 9.77. The number of benzene rings is 1. The summed E-state index contributed by atoms with van der Waals surface area (Å²) < 4.78 is 5.43. The molecule has 2 rings (SSSR count). The number of rotatable bonds is 13. The number of unbranched alkanes of at least 4 members (excludes halogenated alkanes) is 2. The van der Waals surface area contributed by atoms with E-state index in [-0.39, 0.29) is 18.7 Å². The zero-order valence-electron chi connectivity index (χ0n) is 20.0. The summed E-state index contributed by atoms with van der Waals surface area (Å²) in [4.78, 5) is 42.5. The number of nitriles is 1. The van der Waals surface area contributed by atoms with E-state index < -0.39 is 22.9 Å². The van der Waals surface area contributed by atoms with E-state index in [2.05, 4.69) is 6.92 Å². The molecule has 0 radical (unpaired) electrons. The van der Waals surface area contributed by atoms with E-state index in [9.17, 15) is 19.7 Å². The first-order chi connectivity index (χ1) is 16.4.